The molecule has 0 bridgehead atoms. The smallest absolute Gasteiger partial charge is 0.715 e. The normalized spacial score (nSPS) is 6.50. The molecule has 0 atom stereocenters. The van der Waals surface area contributed by atoms with Crippen molar-refractivity contribution in [3.8, 4) is 0 Å². The third-order valence-corrected chi connectivity index (χ3v) is 2.53. The first-order valence-corrected chi connectivity index (χ1v) is 6.27. The predicted octanol–water partition coefficient (Wildman–Crippen LogP) is -0.645. The van der Waals surface area contributed by atoms with Crippen LogP contribution in [0.4, 0.5) is 0 Å². The second-order valence-corrected chi connectivity index (χ2v) is 3.30. The molecule has 0 rings (SSSR count). The van der Waals surface area contributed by atoms with E-state index in [0.717, 1.165) is 18.9 Å². The summed E-state index contributed by atoms with van der Waals surface area (Å²) < 4.78 is 0. The molecule has 10 heteroatoms. The first kappa shape index (κ1) is 50.5. The summed E-state index contributed by atoms with van der Waals surface area (Å²) in [6, 6.07) is 0.736. The average molecular weight is 966 g/mol. The van der Waals surface area contributed by atoms with E-state index in [9.17, 15) is 0 Å². The SMILES string of the molecule is CCC(CC)=NC.CCC(CC)NC.OO.[Ac].[Ac].[Ac].[B-]O.[Na+]. The van der Waals surface area contributed by atoms with Gasteiger partial charge in [-0.2, -0.15) is 0 Å². The summed E-state index contributed by atoms with van der Waals surface area (Å²) >= 11 is 0. The van der Waals surface area contributed by atoms with Gasteiger partial charge >= 0.3 is 29.6 Å². The minimum Gasteiger partial charge on any atom is -0.715 e. The first-order valence-electron chi connectivity index (χ1n) is 6.27. The molecule has 0 fully saturated rings. The molecule has 0 aliphatic heterocycles. The van der Waals surface area contributed by atoms with E-state index in [1.54, 1.807) is 0 Å². The summed E-state index contributed by atoms with van der Waals surface area (Å²) in [4.78, 5) is 4.04. The molecule has 0 aliphatic carbocycles. The topological polar surface area (TPSA) is 85.1 Å². The van der Waals surface area contributed by atoms with E-state index in [4.69, 9.17) is 15.5 Å². The number of rotatable bonds is 5. The minimum atomic E-state index is 0. The molecule has 0 spiro atoms. The Morgan fingerprint density at radius 2 is 1.23 bits per heavy atom. The van der Waals surface area contributed by atoms with Crippen LogP contribution >= 0.6 is 0 Å². The molecule has 6 radical (unpaired) electrons. The molecule has 0 saturated heterocycles. The zero-order valence-corrected chi connectivity index (χ0v) is 31.7. The molecule has 0 unspecified atom stereocenters. The van der Waals surface area contributed by atoms with Gasteiger partial charge in [-0.1, -0.05) is 27.7 Å². The zero-order valence-electron chi connectivity index (χ0n) is 15.5. The van der Waals surface area contributed by atoms with Crippen LogP contribution in [0.25, 0.3) is 0 Å². The maximum absolute atomic E-state index is 6.50. The van der Waals surface area contributed by atoms with Gasteiger partial charge in [0.1, 0.15) is 0 Å². The quantitative estimate of drug-likeness (QED) is 0.128. The van der Waals surface area contributed by atoms with E-state index in [1.807, 2.05) is 14.1 Å². The molecule has 0 heterocycles. The van der Waals surface area contributed by atoms with Gasteiger partial charge in [0, 0.05) is 151 Å². The molecule has 120 valence electrons. The van der Waals surface area contributed by atoms with Crippen LogP contribution < -0.4 is 34.9 Å². The summed E-state index contributed by atoms with van der Waals surface area (Å²) in [5.41, 5.74) is 1.31. The van der Waals surface area contributed by atoms with E-state index in [2.05, 4.69) is 46.1 Å². The van der Waals surface area contributed by atoms with Gasteiger partial charge in [-0.15, -0.1) is 0 Å². The predicted molar refractivity (Wildman–Crippen MR) is 80.6 cm³/mol. The van der Waals surface area contributed by atoms with Gasteiger partial charge in [0.05, 0.1) is 0 Å². The van der Waals surface area contributed by atoms with Crippen LogP contribution in [0.3, 0.4) is 0 Å². The summed E-state index contributed by atoms with van der Waals surface area (Å²) in [5.74, 6) is 0. The van der Waals surface area contributed by atoms with E-state index in [0.29, 0.717) is 0 Å². The molecule has 0 amide bonds. The Morgan fingerprint density at radius 1 is 0.955 bits per heavy atom. The van der Waals surface area contributed by atoms with Crippen molar-refractivity contribution in [1.82, 2.24) is 5.32 Å². The molecule has 0 aromatic carbocycles. The van der Waals surface area contributed by atoms with Crippen molar-refractivity contribution >= 4 is 13.8 Å². The van der Waals surface area contributed by atoms with Gasteiger partial charge in [0.2, 0.25) is 0 Å². The van der Waals surface area contributed by atoms with E-state index < -0.39 is 0 Å². The number of nitrogens with one attached hydrogen (secondary N) is 1. The second kappa shape index (κ2) is 56.2. The molecule has 5 nitrogen and oxygen atoms in total. The van der Waals surface area contributed by atoms with Crippen molar-refractivity contribution in [2.45, 2.75) is 59.4 Å². The summed E-state index contributed by atoms with van der Waals surface area (Å²) in [6.45, 7) is 8.66. The van der Waals surface area contributed by atoms with Crippen molar-refractivity contribution in [1.29, 1.82) is 0 Å². The zero-order chi connectivity index (χ0) is 15.4. The van der Waals surface area contributed by atoms with Crippen LogP contribution in [0.5, 0.6) is 0 Å². The first-order chi connectivity index (χ1) is 8.69. The van der Waals surface area contributed by atoms with Crippen molar-refractivity contribution in [2.75, 3.05) is 14.1 Å². The van der Waals surface area contributed by atoms with Gasteiger partial charge in [-0.25, -0.2) is 0 Å². The largest absolute Gasteiger partial charge is 1.00 e. The Balaban J connectivity index is -0.0000000210. The Hall–Kier alpha value is 4.90. The van der Waals surface area contributed by atoms with E-state index in [-0.39, 0.29) is 162 Å². The van der Waals surface area contributed by atoms with E-state index >= 15 is 0 Å². The molecule has 22 heavy (non-hydrogen) atoms. The van der Waals surface area contributed by atoms with Gasteiger partial charge < -0.3 is 18.4 Å². The Kier molecular flexibility index (Phi) is 129. The van der Waals surface area contributed by atoms with Crippen molar-refractivity contribution in [3.63, 3.8) is 0 Å². The van der Waals surface area contributed by atoms with Crippen LogP contribution in [-0.4, -0.2) is 49.4 Å². The Morgan fingerprint density at radius 3 is 1.23 bits per heavy atom. The summed E-state index contributed by atoms with van der Waals surface area (Å²) in [7, 11) is 7.36. The van der Waals surface area contributed by atoms with Crippen LogP contribution in [-0.2, 0) is 0 Å². The third kappa shape index (κ3) is 49.8. The molecular weight excluding hydrogens is 935 g/mol. The van der Waals surface area contributed by atoms with Crippen molar-refractivity contribution in [2.24, 2.45) is 4.99 Å². The fraction of sp³-hybridized carbons (Fsp3) is 0.917. The Bertz CT molecular complexity index is 150. The standard InChI is InChI=1S/C6H15N.C6H13N.3Ac.BHO.Na.H2O2/c2*1-4-6(5-2)7-3;;;;1-2;;1-2/h6-7H,4-5H2,1-3H3;4-5H2,1-3H3;;;;2H;;1-2H/q;;;;;-1;+1;. The molecule has 4 N–H and O–H groups in total. The van der Waals surface area contributed by atoms with Crippen molar-refractivity contribution in [3.05, 3.63) is 0 Å². The monoisotopic (exact) mass is 966 g/mol. The van der Waals surface area contributed by atoms with E-state index in [1.165, 1.54) is 18.6 Å². The van der Waals surface area contributed by atoms with Crippen LogP contribution in [0, 0.1) is 132 Å². The number of aliphatic imine (C=N–C) groups is 1. The summed E-state index contributed by atoms with van der Waals surface area (Å²) in [5, 5.41) is 21.7. The number of nitrogens with zero attached hydrogens (tertiary/aromatic N) is 1. The second-order valence-electron chi connectivity index (χ2n) is 3.30. The minimum absolute atomic E-state index is 0. The molecule has 0 aromatic rings. The van der Waals surface area contributed by atoms with Crippen LogP contribution in [0.15, 0.2) is 4.99 Å². The average Bonchev–Trinajstić information content (AvgIpc) is 2.48. The van der Waals surface area contributed by atoms with Crippen LogP contribution in [0.1, 0.15) is 53.4 Å². The van der Waals surface area contributed by atoms with Gasteiger partial charge in [0.25, 0.3) is 0 Å². The third-order valence-electron chi connectivity index (χ3n) is 2.53. The summed E-state index contributed by atoms with van der Waals surface area (Å²) in [6.07, 6.45) is 4.69. The van der Waals surface area contributed by atoms with Gasteiger partial charge in [0.15, 0.2) is 0 Å². The molecule has 0 saturated carbocycles. The maximum atomic E-state index is 6.50. The molecular formula is C12H31Ac3BN2NaO3. The molecule has 0 aliphatic rings. The van der Waals surface area contributed by atoms with Gasteiger partial charge in [-0.05, 0) is 32.7 Å². The number of hydrogen-bond acceptors (Lipinski definition) is 5. The maximum Gasteiger partial charge on any atom is 1.00 e. The van der Waals surface area contributed by atoms with Gasteiger partial charge in [-0.3, -0.25) is 15.5 Å². The van der Waals surface area contributed by atoms with Crippen molar-refractivity contribution < 1.29 is 177 Å². The van der Waals surface area contributed by atoms with Crippen LogP contribution in [0.2, 0.25) is 0 Å². The number of hydrogen-bond donors (Lipinski definition) is 4. The Labute approximate surface area is 268 Å². The fourth-order valence-electron chi connectivity index (χ4n) is 1.26. The molecule has 0 aromatic heterocycles. The fourth-order valence-corrected chi connectivity index (χ4v) is 1.26.